The van der Waals surface area contributed by atoms with Crippen molar-refractivity contribution >= 4 is 15.9 Å². The van der Waals surface area contributed by atoms with Crippen LogP contribution in [-0.2, 0) is 14.8 Å². The second-order valence-electron chi connectivity index (χ2n) is 4.84. The average Bonchev–Trinajstić information content (AvgIpc) is 2.33. The Bertz CT molecular complexity index is 414. The van der Waals surface area contributed by atoms with Gasteiger partial charge in [-0.2, -0.15) is 4.31 Å². The molecule has 1 saturated heterocycles. The Hall–Kier alpha value is -0.920. The number of hydrogen-bond acceptors (Lipinski definition) is 4. The topological polar surface area (TPSA) is 60.9 Å². The summed E-state index contributed by atoms with van der Waals surface area (Å²) in [6.07, 6.45) is 2.91. The van der Waals surface area contributed by atoms with Gasteiger partial charge in [0.2, 0.25) is 15.9 Å². The molecule has 0 bridgehead atoms. The third-order valence-electron chi connectivity index (χ3n) is 3.23. The maximum absolute atomic E-state index is 12.0. The standard InChI is InChI=1S/C12H23N3O3S/c1-4-6-15(19(3,17)18)7-5-12(16)14-10-8-13(2)9-11-14/h4H,1,5-11H2,2-3H3. The van der Waals surface area contributed by atoms with Gasteiger partial charge in [-0.15, -0.1) is 6.58 Å². The molecule has 0 aromatic heterocycles. The highest BCUT2D eigenvalue weighted by Gasteiger charge is 2.21. The Kier molecular flexibility index (Phi) is 5.96. The normalized spacial score (nSPS) is 17.7. The van der Waals surface area contributed by atoms with Crippen LogP contribution in [0.5, 0.6) is 0 Å². The van der Waals surface area contributed by atoms with Crippen molar-refractivity contribution in [2.45, 2.75) is 6.42 Å². The SMILES string of the molecule is C=CCN(CCC(=O)N1CCN(C)CC1)S(C)(=O)=O. The van der Waals surface area contributed by atoms with Crippen LogP contribution in [0.2, 0.25) is 0 Å². The molecule has 110 valence electrons. The lowest BCUT2D eigenvalue weighted by Crippen LogP contribution is -2.47. The number of rotatable bonds is 6. The average molecular weight is 289 g/mol. The van der Waals surface area contributed by atoms with Gasteiger partial charge >= 0.3 is 0 Å². The molecule has 19 heavy (non-hydrogen) atoms. The molecule has 6 nitrogen and oxygen atoms in total. The van der Waals surface area contributed by atoms with Crippen molar-refractivity contribution in [2.75, 3.05) is 52.6 Å². The number of hydrogen-bond donors (Lipinski definition) is 0. The number of amides is 1. The molecule has 1 amide bonds. The molecule has 1 heterocycles. The molecule has 0 unspecified atom stereocenters. The summed E-state index contributed by atoms with van der Waals surface area (Å²) in [6.45, 7) is 7.17. The van der Waals surface area contributed by atoms with Crippen molar-refractivity contribution in [3.8, 4) is 0 Å². The van der Waals surface area contributed by atoms with E-state index in [4.69, 9.17) is 0 Å². The van der Waals surface area contributed by atoms with Gasteiger partial charge in [0.15, 0.2) is 0 Å². The smallest absolute Gasteiger partial charge is 0.223 e. The van der Waals surface area contributed by atoms with E-state index in [1.165, 1.54) is 10.4 Å². The van der Waals surface area contributed by atoms with E-state index in [-0.39, 0.29) is 25.4 Å². The highest BCUT2D eigenvalue weighted by molar-refractivity contribution is 7.88. The predicted molar refractivity (Wildman–Crippen MR) is 75.3 cm³/mol. The van der Waals surface area contributed by atoms with Gasteiger partial charge in [-0.1, -0.05) is 6.08 Å². The van der Waals surface area contributed by atoms with E-state index in [1.807, 2.05) is 7.05 Å². The van der Waals surface area contributed by atoms with E-state index in [0.29, 0.717) is 0 Å². The van der Waals surface area contributed by atoms with Crippen LogP contribution in [0.25, 0.3) is 0 Å². The Balaban J connectivity index is 2.46. The molecular weight excluding hydrogens is 266 g/mol. The first-order chi connectivity index (χ1) is 8.84. The quantitative estimate of drug-likeness (QED) is 0.624. The number of sulfonamides is 1. The molecule has 1 fully saturated rings. The lowest BCUT2D eigenvalue weighted by Gasteiger charge is -2.32. The largest absolute Gasteiger partial charge is 0.340 e. The van der Waals surface area contributed by atoms with Crippen LogP contribution in [0.4, 0.5) is 0 Å². The number of carbonyl (C=O) groups is 1. The van der Waals surface area contributed by atoms with Crippen LogP contribution >= 0.6 is 0 Å². The van der Waals surface area contributed by atoms with Gasteiger partial charge in [0.05, 0.1) is 6.26 Å². The Labute approximate surface area is 115 Å². The molecule has 0 saturated carbocycles. The van der Waals surface area contributed by atoms with E-state index >= 15 is 0 Å². The Morgan fingerprint density at radius 3 is 2.37 bits per heavy atom. The number of likely N-dealkylation sites (N-methyl/N-ethyl adjacent to an activating group) is 1. The number of carbonyl (C=O) groups excluding carboxylic acids is 1. The highest BCUT2D eigenvalue weighted by Crippen LogP contribution is 2.05. The summed E-state index contributed by atoms with van der Waals surface area (Å²) in [6, 6.07) is 0. The molecule has 0 N–H and O–H groups in total. The zero-order valence-corrected chi connectivity index (χ0v) is 12.5. The van der Waals surface area contributed by atoms with Crippen molar-refractivity contribution in [3.05, 3.63) is 12.7 Å². The molecule has 0 aromatic carbocycles. The Morgan fingerprint density at radius 1 is 1.32 bits per heavy atom. The number of nitrogens with zero attached hydrogens (tertiary/aromatic N) is 3. The molecule has 1 rings (SSSR count). The first kappa shape index (κ1) is 16.1. The third-order valence-corrected chi connectivity index (χ3v) is 4.50. The molecule has 0 radical (unpaired) electrons. The maximum Gasteiger partial charge on any atom is 0.223 e. The molecule has 7 heteroatoms. The minimum atomic E-state index is -3.28. The van der Waals surface area contributed by atoms with Gasteiger partial charge < -0.3 is 9.80 Å². The van der Waals surface area contributed by atoms with Crippen molar-refractivity contribution in [3.63, 3.8) is 0 Å². The van der Waals surface area contributed by atoms with Crippen LogP contribution in [0.3, 0.4) is 0 Å². The third kappa shape index (κ3) is 5.30. The van der Waals surface area contributed by atoms with E-state index in [0.717, 1.165) is 32.4 Å². The second kappa shape index (κ2) is 7.02. The molecule has 0 aromatic rings. The molecule has 1 aliphatic heterocycles. The molecule has 1 aliphatic rings. The van der Waals surface area contributed by atoms with E-state index in [2.05, 4.69) is 11.5 Å². The van der Waals surface area contributed by atoms with Crippen LogP contribution in [0.15, 0.2) is 12.7 Å². The van der Waals surface area contributed by atoms with Gasteiger partial charge in [-0.3, -0.25) is 4.79 Å². The van der Waals surface area contributed by atoms with Gasteiger partial charge in [-0.05, 0) is 7.05 Å². The zero-order valence-electron chi connectivity index (χ0n) is 11.7. The van der Waals surface area contributed by atoms with Crippen molar-refractivity contribution in [1.29, 1.82) is 0 Å². The van der Waals surface area contributed by atoms with E-state index in [9.17, 15) is 13.2 Å². The molecular formula is C12H23N3O3S. The summed E-state index contributed by atoms with van der Waals surface area (Å²) in [5, 5.41) is 0. The first-order valence-electron chi connectivity index (χ1n) is 6.37. The summed E-state index contributed by atoms with van der Waals surface area (Å²) in [5.41, 5.74) is 0. The monoisotopic (exact) mass is 289 g/mol. The summed E-state index contributed by atoms with van der Waals surface area (Å²) < 4.78 is 24.3. The minimum absolute atomic E-state index is 0.0193. The summed E-state index contributed by atoms with van der Waals surface area (Å²) >= 11 is 0. The van der Waals surface area contributed by atoms with Crippen molar-refractivity contribution in [1.82, 2.24) is 14.1 Å². The second-order valence-corrected chi connectivity index (χ2v) is 6.83. The summed E-state index contributed by atoms with van der Waals surface area (Å²) in [5.74, 6) is 0.0193. The van der Waals surface area contributed by atoms with Gasteiger partial charge in [-0.25, -0.2) is 8.42 Å². The van der Waals surface area contributed by atoms with Crippen LogP contribution in [-0.4, -0.2) is 81.0 Å². The van der Waals surface area contributed by atoms with Gasteiger partial charge in [0.1, 0.15) is 0 Å². The molecule has 0 atom stereocenters. The van der Waals surface area contributed by atoms with Gasteiger partial charge in [0, 0.05) is 45.7 Å². The van der Waals surface area contributed by atoms with Crippen LogP contribution in [0, 0.1) is 0 Å². The summed E-state index contributed by atoms with van der Waals surface area (Å²) in [7, 11) is -1.25. The summed E-state index contributed by atoms with van der Waals surface area (Å²) in [4.78, 5) is 16.0. The van der Waals surface area contributed by atoms with Gasteiger partial charge in [0.25, 0.3) is 0 Å². The van der Waals surface area contributed by atoms with Crippen molar-refractivity contribution in [2.24, 2.45) is 0 Å². The molecule has 0 aliphatic carbocycles. The lowest BCUT2D eigenvalue weighted by molar-refractivity contribution is -0.132. The fraction of sp³-hybridized carbons (Fsp3) is 0.750. The van der Waals surface area contributed by atoms with Crippen molar-refractivity contribution < 1.29 is 13.2 Å². The lowest BCUT2D eigenvalue weighted by atomic mass is 10.3. The predicted octanol–water partition coefficient (Wildman–Crippen LogP) is -0.402. The highest BCUT2D eigenvalue weighted by atomic mass is 32.2. The van der Waals surface area contributed by atoms with E-state index in [1.54, 1.807) is 4.90 Å². The van der Waals surface area contributed by atoms with E-state index < -0.39 is 10.0 Å². The molecule has 0 spiro atoms. The Morgan fingerprint density at radius 2 is 1.89 bits per heavy atom. The maximum atomic E-state index is 12.0. The number of piperazine rings is 1. The first-order valence-corrected chi connectivity index (χ1v) is 8.21. The zero-order chi connectivity index (χ0) is 14.5. The fourth-order valence-electron chi connectivity index (χ4n) is 1.97. The minimum Gasteiger partial charge on any atom is -0.340 e. The van der Waals surface area contributed by atoms with Crippen LogP contribution < -0.4 is 0 Å². The fourth-order valence-corrected chi connectivity index (χ4v) is 2.77. The van der Waals surface area contributed by atoms with Crippen LogP contribution in [0.1, 0.15) is 6.42 Å².